The van der Waals surface area contributed by atoms with Gasteiger partial charge in [-0.3, -0.25) is 9.59 Å². The van der Waals surface area contributed by atoms with Gasteiger partial charge in [-0.2, -0.15) is 0 Å². The van der Waals surface area contributed by atoms with E-state index in [1.807, 2.05) is 0 Å². The van der Waals surface area contributed by atoms with Crippen LogP contribution in [-0.4, -0.2) is 40.2 Å². The molecule has 0 spiro atoms. The zero-order chi connectivity index (χ0) is 12.9. The van der Waals surface area contributed by atoms with Gasteiger partial charge in [-0.1, -0.05) is 29.3 Å². The average molecular weight is 246 g/mol. The molecule has 0 bridgehead atoms. The Balaban J connectivity index is 2.14. The highest BCUT2D eigenvalue weighted by atomic mass is 16.4. The molecule has 1 aliphatic heterocycles. The number of likely N-dealkylation sites (N-methyl/N-ethyl adjacent to an activating group) is 1. The van der Waals surface area contributed by atoms with Gasteiger partial charge in [-0.15, -0.1) is 5.43 Å². The first-order chi connectivity index (χ1) is 8.65. The summed E-state index contributed by atoms with van der Waals surface area (Å²) in [6.07, 6.45) is 0. The fourth-order valence-corrected chi connectivity index (χ4v) is 2.60. The molecule has 6 heteroatoms. The predicted octanol–water partition coefficient (Wildman–Crippen LogP) is 0.337. The zero-order valence-corrected chi connectivity index (χ0v) is 9.79. The standard InChI is InChI=1S/C12H12N3O3/c1-2-14-10-9(13-15(14)18)11(16)7-5-3-4-6-8(7)12(10)17/h3-6,9-10H,2H2,1H3,(H,13,18)/q+1. The summed E-state index contributed by atoms with van der Waals surface area (Å²) in [5.74, 6) is -0.380. The number of hydrazine groups is 2. The van der Waals surface area contributed by atoms with Crippen LogP contribution < -0.4 is 5.43 Å². The van der Waals surface area contributed by atoms with Crippen LogP contribution in [0.1, 0.15) is 27.6 Å². The van der Waals surface area contributed by atoms with E-state index in [-0.39, 0.29) is 11.6 Å². The second-order valence-electron chi connectivity index (χ2n) is 4.35. The number of benzene rings is 1. The van der Waals surface area contributed by atoms with E-state index >= 15 is 0 Å². The molecule has 0 radical (unpaired) electrons. The molecule has 0 amide bonds. The third-order valence-corrected chi connectivity index (χ3v) is 3.45. The van der Waals surface area contributed by atoms with Gasteiger partial charge in [-0.05, 0) is 6.92 Å². The molecule has 2 aliphatic rings. The summed E-state index contributed by atoms with van der Waals surface area (Å²) in [7, 11) is 0. The molecule has 3 rings (SSSR count). The topological polar surface area (TPSA) is 69.5 Å². The molecule has 18 heavy (non-hydrogen) atoms. The molecule has 1 N–H and O–H groups in total. The summed E-state index contributed by atoms with van der Waals surface area (Å²) in [6, 6.07) is 5.19. The molecule has 1 heterocycles. The maximum atomic E-state index is 12.4. The minimum Gasteiger partial charge on any atom is -0.291 e. The lowest BCUT2D eigenvalue weighted by molar-refractivity contribution is -0.732. The first kappa shape index (κ1) is 10.9. The Morgan fingerprint density at radius 2 is 1.83 bits per heavy atom. The van der Waals surface area contributed by atoms with E-state index in [9.17, 15) is 14.5 Å². The molecule has 92 valence electrons. The fourth-order valence-electron chi connectivity index (χ4n) is 2.60. The van der Waals surface area contributed by atoms with Gasteiger partial charge in [0.15, 0.2) is 23.7 Å². The minimum absolute atomic E-state index is 0.178. The molecule has 1 aromatic carbocycles. The van der Waals surface area contributed by atoms with Crippen LogP contribution in [0, 0.1) is 4.91 Å². The van der Waals surface area contributed by atoms with Gasteiger partial charge < -0.3 is 0 Å². The monoisotopic (exact) mass is 246 g/mol. The van der Waals surface area contributed by atoms with Crippen molar-refractivity contribution in [2.45, 2.75) is 19.0 Å². The van der Waals surface area contributed by atoms with Gasteiger partial charge in [0.1, 0.15) is 0 Å². The number of fused-ring (bicyclic) bond motifs is 2. The third-order valence-electron chi connectivity index (χ3n) is 3.45. The molecule has 6 nitrogen and oxygen atoms in total. The van der Waals surface area contributed by atoms with E-state index in [2.05, 4.69) is 5.43 Å². The number of Topliss-reactive ketones (excluding diaryl/α,β-unsaturated/α-hetero) is 2. The lowest BCUT2D eigenvalue weighted by atomic mass is 9.83. The van der Waals surface area contributed by atoms with Crippen molar-refractivity contribution >= 4 is 11.6 Å². The van der Waals surface area contributed by atoms with E-state index in [0.29, 0.717) is 22.6 Å². The van der Waals surface area contributed by atoms with Gasteiger partial charge in [0.25, 0.3) is 0 Å². The largest absolute Gasteiger partial charge is 0.291 e. The number of nitrogens with one attached hydrogen (secondary N) is 1. The summed E-state index contributed by atoms with van der Waals surface area (Å²) in [5.41, 5.74) is 3.30. The van der Waals surface area contributed by atoms with Crippen LogP contribution in [0.15, 0.2) is 24.3 Å². The highest BCUT2D eigenvalue weighted by Crippen LogP contribution is 2.27. The van der Waals surface area contributed by atoms with Gasteiger partial charge in [-0.25, -0.2) is 0 Å². The Morgan fingerprint density at radius 3 is 2.44 bits per heavy atom. The van der Waals surface area contributed by atoms with Crippen molar-refractivity contribution in [3.05, 3.63) is 40.3 Å². The Hall–Kier alpha value is -2.24. The van der Waals surface area contributed by atoms with Crippen LogP contribution >= 0.6 is 0 Å². The average Bonchev–Trinajstić information content (AvgIpc) is 2.73. The quantitative estimate of drug-likeness (QED) is 0.723. The van der Waals surface area contributed by atoms with Crippen molar-refractivity contribution in [3.63, 3.8) is 0 Å². The Morgan fingerprint density at radius 1 is 1.22 bits per heavy atom. The number of hydrogen-bond acceptors (Lipinski definition) is 3. The number of nitroso groups, excluding NO2 is 1. The summed E-state index contributed by atoms with van der Waals surface area (Å²) in [5, 5.41) is 1.33. The summed E-state index contributed by atoms with van der Waals surface area (Å²) < 4.78 is 0. The first-order valence-corrected chi connectivity index (χ1v) is 5.82. The van der Waals surface area contributed by atoms with Crippen LogP contribution in [0.3, 0.4) is 0 Å². The lowest BCUT2D eigenvalue weighted by Crippen LogP contribution is -2.51. The van der Waals surface area contributed by atoms with Crippen LogP contribution in [0.5, 0.6) is 0 Å². The highest BCUT2D eigenvalue weighted by molar-refractivity contribution is 6.19. The van der Waals surface area contributed by atoms with Crippen molar-refractivity contribution < 1.29 is 14.6 Å². The number of carbonyl (C=O) groups is 2. The number of hydrogen-bond donors (Lipinski definition) is 1. The maximum Gasteiger partial charge on any atom is 0.250 e. The van der Waals surface area contributed by atoms with E-state index in [1.54, 1.807) is 31.2 Å². The zero-order valence-electron chi connectivity index (χ0n) is 9.79. The SMILES string of the molecule is CCN1C2C(=O)c3ccccc3C(=O)C2N[N+]1=O. The predicted molar refractivity (Wildman–Crippen MR) is 61.8 cm³/mol. The molecule has 0 saturated carbocycles. The van der Waals surface area contributed by atoms with E-state index in [4.69, 9.17) is 0 Å². The Kier molecular flexibility index (Phi) is 2.19. The number of carbonyl (C=O) groups excluding carboxylic acids is 2. The fraction of sp³-hybridized carbons (Fsp3) is 0.333. The van der Waals surface area contributed by atoms with Crippen LogP contribution in [0.2, 0.25) is 0 Å². The molecule has 0 aromatic heterocycles. The molecule has 2 atom stereocenters. The normalized spacial score (nSPS) is 25.8. The van der Waals surface area contributed by atoms with Crippen molar-refractivity contribution in [2.24, 2.45) is 0 Å². The highest BCUT2D eigenvalue weighted by Gasteiger charge is 2.57. The molecule has 1 aromatic rings. The van der Waals surface area contributed by atoms with Gasteiger partial charge >= 0.3 is 0 Å². The second-order valence-corrected chi connectivity index (χ2v) is 4.35. The van der Waals surface area contributed by atoms with Crippen LogP contribution in [0.25, 0.3) is 0 Å². The van der Waals surface area contributed by atoms with Crippen LogP contribution in [0.4, 0.5) is 0 Å². The van der Waals surface area contributed by atoms with E-state index < -0.39 is 12.1 Å². The Bertz CT molecular complexity index is 569. The number of ketones is 2. The molecule has 1 fully saturated rings. The second kappa shape index (κ2) is 3.63. The number of rotatable bonds is 1. The van der Waals surface area contributed by atoms with Crippen molar-refractivity contribution in [1.82, 2.24) is 10.4 Å². The lowest BCUT2D eigenvalue weighted by Gasteiger charge is -2.22. The molecule has 1 aliphatic carbocycles. The summed E-state index contributed by atoms with van der Waals surface area (Å²) in [6.45, 7) is 2.14. The maximum absolute atomic E-state index is 12.4. The van der Waals surface area contributed by atoms with E-state index in [1.165, 1.54) is 5.01 Å². The summed E-state index contributed by atoms with van der Waals surface area (Å²) in [4.78, 5) is 36.7. The summed E-state index contributed by atoms with van der Waals surface area (Å²) >= 11 is 0. The van der Waals surface area contributed by atoms with Crippen molar-refractivity contribution in [3.8, 4) is 0 Å². The molecule has 1 saturated heterocycles. The van der Waals surface area contributed by atoms with Crippen molar-refractivity contribution in [1.29, 1.82) is 0 Å². The third kappa shape index (κ3) is 1.23. The van der Waals surface area contributed by atoms with Gasteiger partial charge in [0.05, 0.1) is 11.5 Å². The van der Waals surface area contributed by atoms with Crippen molar-refractivity contribution in [2.75, 3.05) is 6.54 Å². The Labute approximate surface area is 103 Å². The number of nitrogens with zero attached hydrogens (tertiary/aromatic N) is 2. The van der Waals surface area contributed by atoms with Gasteiger partial charge in [0.2, 0.25) is 4.98 Å². The molecular weight excluding hydrogens is 234 g/mol. The minimum atomic E-state index is -0.773. The smallest absolute Gasteiger partial charge is 0.250 e. The molecule has 2 unspecified atom stereocenters. The van der Waals surface area contributed by atoms with Crippen LogP contribution in [-0.2, 0) is 0 Å². The van der Waals surface area contributed by atoms with Gasteiger partial charge in [0, 0.05) is 11.1 Å². The first-order valence-electron chi connectivity index (χ1n) is 5.82. The van der Waals surface area contributed by atoms with E-state index in [0.717, 1.165) is 0 Å². The molecular formula is C12H12N3O3+.